The van der Waals surface area contributed by atoms with E-state index >= 15 is 0 Å². The van der Waals surface area contributed by atoms with Gasteiger partial charge in [0.15, 0.2) is 0 Å². The van der Waals surface area contributed by atoms with Crippen molar-refractivity contribution < 1.29 is 9.59 Å². The lowest BCUT2D eigenvalue weighted by Gasteiger charge is -2.16. The molecule has 2 rings (SSSR count). The third-order valence-corrected chi connectivity index (χ3v) is 3.77. The standard InChI is InChI=1S/C20H24N2O2/c1-14(2)12-19(23)22-18(20(21)24)13-15-8-10-17(11-9-15)16-6-4-3-5-7-16/h3-11,14,18H,12-13H2,1-2H3,(H2,21,24)(H,22,23)/t18-/m1/s1. The predicted molar refractivity (Wildman–Crippen MR) is 96.2 cm³/mol. The Morgan fingerprint density at radius 1 is 0.958 bits per heavy atom. The van der Waals surface area contributed by atoms with Crippen molar-refractivity contribution in [1.82, 2.24) is 5.32 Å². The summed E-state index contributed by atoms with van der Waals surface area (Å²) in [6.45, 7) is 3.92. The van der Waals surface area contributed by atoms with E-state index in [0.29, 0.717) is 12.8 Å². The SMILES string of the molecule is CC(C)CC(=O)N[C@H](Cc1ccc(-c2ccccc2)cc1)C(N)=O. The van der Waals surface area contributed by atoms with E-state index in [-0.39, 0.29) is 11.8 Å². The first kappa shape index (κ1) is 17.7. The Morgan fingerprint density at radius 3 is 2.08 bits per heavy atom. The quantitative estimate of drug-likeness (QED) is 0.822. The molecule has 126 valence electrons. The number of hydrogen-bond donors (Lipinski definition) is 2. The van der Waals surface area contributed by atoms with Crippen LogP contribution in [0.15, 0.2) is 54.6 Å². The molecule has 0 heterocycles. The number of hydrogen-bond acceptors (Lipinski definition) is 2. The third-order valence-electron chi connectivity index (χ3n) is 3.77. The summed E-state index contributed by atoms with van der Waals surface area (Å²) in [7, 11) is 0. The molecule has 0 aliphatic carbocycles. The van der Waals surface area contributed by atoms with E-state index in [1.807, 2.05) is 68.4 Å². The van der Waals surface area contributed by atoms with Gasteiger partial charge in [-0.1, -0.05) is 68.4 Å². The average molecular weight is 324 g/mol. The minimum atomic E-state index is -0.682. The zero-order chi connectivity index (χ0) is 17.5. The monoisotopic (exact) mass is 324 g/mol. The highest BCUT2D eigenvalue weighted by Crippen LogP contribution is 2.19. The van der Waals surface area contributed by atoms with E-state index in [2.05, 4.69) is 5.32 Å². The maximum Gasteiger partial charge on any atom is 0.240 e. The Bertz CT molecular complexity index is 679. The zero-order valence-corrected chi connectivity index (χ0v) is 14.2. The molecule has 0 spiro atoms. The van der Waals surface area contributed by atoms with Gasteiger partial charge in [-0.3, -0.25) is 9.59 Å². The minimum absolute atomic E-state index is 0.144. The van der Waals surface area contributed by atoms with Crippen molar-refractivity contribution in [1.29, 1.82) is 0 Å². The van der Waals surface area contributed by atoms with Crippen LogP contribution in [0.3, 0.4) is 0 Å². The van der Waals surface area contributed by atoms with Crippen molar-refractivity contribution in [2.45, 2.75) is 32.7 Å². The van der Waals surface area contributed by atoms with Gasteiger partial charge in [0.2, 0.25) is 11.8 Å². The molecule has 24 heavy (non-hydrogen) atoms. The summed E-state index contributed by atoms with van der Waals surface area (Å²) in [5, 5.41) is 2.73. The number of rotatable bonds is 7. The summed E-state index contributed by atoms with van der Waals surface area (Å²) < 4.78 is 0. The summed E-state index contributed by atoms with van der Waals surface area (Å²) in [6, 6.07) is 17.3. The van der Waals surface area contributed by atoms with E-state index in [9.17, 15) is 9.59 Å². The highest BCUT2D eigenvalue weighted by atomic mass is 16.2. The Morgan fingerprint density at radius 2 is 1.54 bits per heavy atom. The number of carbonyl (C=O) groups is 2. The lowest BCUT2D eigenvalue weighted by molar-refractivity contribution is -0.127. The van der Waals surface area contributed by atoms with Gasteiger partial charge in [-0.05, 0) is 22.6 Å². The number of nitrogens with two attached hydrogens (primary N) is 1. The van der Waals surface area contributed by atoms with Crippen molar-refractivity contribution in [3.05, 3.63) is 60.2 Å². The largest absolute Gasteiger partial charge is 0.368 e. The number of amides is 2. The molecule has 0 bridgehead atoms. The van der Waals surface area contributed by atoms with Gasteiger partial charge in [0.05, 0.1) is 0 Å². The van der Waals surface area contributed by atoms with Crippen molar-refractivity contribution in [3.63, 3.8) is 0 Å². The van der Waals surface area contributed by atoms with Gasteiger partial charge in [-0.15, -0.1) is 0 Å². The van der Waals surface area contributed by atoms with Gasteiger partial charge in [-0.25, -0.2) is 0 Å². The molecule has 0 aromatic heterocycles. The fraction of sp³-hybridized carbons (Fsp3) is 0.300. The topological polar surface area (TPSA) is 72.2 Å². The zero-order valence-electron chi connectivity index (χ0n) is 14.2. The Hall–Kier alpha value is -2.62. The lowest BCUT2D eigenvalue weighted by Crippen LogP contribution is -2.46. The van der Waals surface area contributed by atoms with Crippen molar-refractivity contribution in [2.75, 3.05) is 0 Å². The highest BCUT2D eigenvalue weighted by Gasteiger charge is 2.19. The van der Waals surface area contributed by atoms with Crippen molar-refractivity contribution in [2.24, 2.45) is 11.7 Å². The van der Waals surface area contributed by atoms with Crippen LogP contribution < -0.4 is 11.1 Å². The maximum atomic E-state index is 11.9. The first-order valence-electron chi connectivity index (χ1n) is 8.18. The van der Waals surface area contributed by atoms with Gasteiger partial charge in [0.25, 0.3) is 0 Å². The molecule has 0 saturated carbocycles. The summed E-state index contributed by atoms with van der Waals surface area (Å²) in [6.07, 6.45) is 0.783. The molecule has 0 aliphatic heterocycles. The fourth-order valence-corrected chi connectivity index (χ4v) is 2.55. The fourth-order valence-electron chi connectivity index (χ4n) is 2.55. The number of primary amides is 1. The van der Waals surface area contributed by atoms with Crippen LogP contribution in [0, 0.1) is 5.92 Å². The van der Waals surface area contributed by atoms with Gasteiger partial charge >= 0.3 is 0 Å². The van der Waals surface area contributed by atoms with E-state index in [0.717, 1.165) is 16.7 Å². The van der Waals surface area contributed by atoms with Gasteiger partial charge in [0, 0.05) is 12.8 Å². The molecule has 0 aliphatic rings. The molecule has 0 unspecified atom stereocenters. The molecule has 2 aromatic carbocycles. The van der Waals surface area contributed by atoms with E-state index in [4.69, 9.17) is 5.73 Å². The van der Waals surface area contributed by atoms with E-state index in [1.54, 1.807) is 0 Å². The first-order chi connectivity index (χ1) is 11.5. The molecule has 3 N–H and O–H groups in total. The molecule has 2 aromatic rings. The Balaban J connectivity index is 2.04. The van der Waals surface area contributed by atoms with Crippen molar-refractivity contribution in [3.8, 4) is 11.1 Å². The van der Waals surface area contributed by atoms with Gasteiger partial charge in [0.1, 0.15) is 6.04 Å². The third kappa shape index (κ3) is 5.23. The van der Waals surface area contributed by atoms with Gasteiger partial charge in [-0.2, -0.15) is 0 Å². The van der Waals surface area contributed by atoms with Crippen LogP contribution in [-0.2, 0) is 16.0 Å². The molecule has 4 nitrogen and oxygen atoms in total. The molecular formula is C20H24N2O2. The van der Waals surface area contributed by atoms with Crippen LogP contribution in [0.2, 0.25) is 0 Å². The summed E-state index contributed by atoms with van der Waals surface area (Å²) in [5.41, 5.74) is 8.64. The summed E-state index contributed by atoms with van der Waals surface area (Å²) in [4.78, 5) is 23.5. The van der Waals surface area contributed by atoms with Crippen LogP contribution in [0.5, 0.6) is 0 Å². The number of carbonyl (C=O) groups excluding carboxylic acids is 2. The highest BCUT2D eigenvalue weighted by molar-refractivity contribution is 5.86. The normalized spacial score (nSPS) is 12.0. The molecule has 0 fully saturated rings. The Labute approximate surface area is 143 Å². The first-order valence-corrected chi connectivity index (χ1v) is 8.18. The van der Waals surface area contributed by atoms with Crippen LogP contribution in [0.1, 0.15) is 25.8 Å². The molecule has 1 atom stereocenters. The predicted octanol–water partition coefficient (Wildman–Crippen LogP) is 2.91. The van der Waals surface area contributed by atoms with Crippen LogP contribution in [-0.4, -0.2) is 17.9 Å². The second kappa shape index (κ2) is 8.29. The summed E-state index contributed by atoms with van der Waals surface area (Å²) in [5.74, 6) is -0.419. The molecule has 4 heteroatoms. The number of nitrogens with one attached hydrogen (secondary N) is 1. The smallest absolute Gasteiger partial charge is 0.240 e. The second-order valence-electron chi connectivity index (χ2n) is 6.39. The Kier molecular flexibility index (Phi) is 6.13. The van der Waals surface area contributed by atoms with Crippen LogP contribution >= 0.6 is 0 Å². The van der Waals surface area contributed by atoms with E-state index < -0.39 is 11.9 Å². The number of benzene rings is 2. The summed E-state index contributed by atoms with van der Waals surface area (Å²) >= 11 is 0. The maximum absolute atomic E-state index is 11.9. The van der Waals surface area contributed by atoms with Crippen LogP contribution in [0.4, 0.5) is 0 Å². The van der Waals surface area contributed by atoms with Crippen molar-refractivity contribution >= 4 is 11.8 Å². The van der Waals surface area contributed by atoms with Crippen LogP contribution in [0.25, 0.3) is 11.1 Å². The minimum Gasteiger partial charge on any atom is -0.368 e. The molecule has 2 amide bonds. The second-order valence-corrected chi connectivity index (χ2v) is 6.39. The van der Waals surface area contributed by atoms with E-state index in [1.165, 1.54) is 0 Å². The molecule has 0 radical (unpaired) electrons. The molecule has 0 saturated heterocycles. The van der Waals surface area contributed by atoms with Gasteiger partial charge < -0.3 is 11.1 Å². The average Bonchev–Trinajstić information content (AvgIpc) is 2.55. The lowest BCUT2D eigenvalue weighted by atomic mass is 10.00. The molecular weight excluding hydrogens is 300 g/mol.